The highest BCUT2D eigenvalue weighted by Crippen LogP contribution is 2.41. The van der Waals surface area contributed by atoms with Gasteiger partial charge in [-0.2, -0.15) is 0 Å². The maximum Gasteiger partial charge on any atom is 0.271 e. The van der Waals surface area contributed by atoms with Crippen LogP contribution in [0, 0.1) is 3.57 Å². The molecule has 34 heavy (non-hydrogen) atoms. The molecular formula is C28H21IN2O2S. The molecule has 0 bridgehead atoms. The average Bonchev–Trinajstić information content (AvgIpc) is 3.17. The number of nitrogens with zero attached hydrogens (tertiary/aromatic N) is 2. The molecule has 4 nitrogen and oxygen atoms in total. The Morgan fingerprint density at radius 3 is 2.76 bits per heavy atom. The molecule has 1 aliphatic heterocycles. The average molecular weight is 576 g/mol. The minimum atomic E-state index is -0.201. The van der Waals surface area contributed by atoms with E-state index in [1.165, 1.54) is 28.0 Å². The van der Waals surface area contributed by atoms with Crippen molar-refractivity contribution < 1.29 is 4.74 Å². The molecule has 168 valence electrons. The van der Waals surface area contributed by atoms with Crippen LogP contribution in [0.3, 0.4) is 0 Å². The van der Waals surface area contributed by atoms with Gasteiger partial charge in [-0.15, -0.1) is 0 Å². The lowest BCUT2D eigenvalue weighted by Crippen LogP contribution is -2.38. The maximum atomic E-state index is 13.8. The van der Waals surface area contributed by atoms with E-state index in [1.54, 1.807) is 7.11 Å². The summed E-state index contributed by atoms with van der Waals surface area (Å²) in [4.78, 5) is 19.6. The minimum absolute atomic E-state index is 0.000778. The zero-order chi connectivity index (χ0) is 23.2. The van der Waals surface area contributed by atoms with Crippen molar-refractivity contribution in [2.75, 3.05) is 7.11 Å². The van der Waals surface area contributed by atoms with Crippen LogP contribution in [0.25, 0.3) is 11.8 Å². The molecule has 0 spiro atoms. The van der Waals surface area contributed by atoms with Gasteiger partial charge in [0.1, 0.15) is 5.75 Å². The first-order valence-electron chi connectivity index (χ1n) is 11.1. The van der Waals surface area contributed by atoms with E-state index in [9.17, 15) is 4.79 Å². The van der Waals surface area contributed by atoms with Gasteiger partial charge in [0.25, 0.3) is 5.56 Å². The topological polar surface area (TPSA) is 43.6 Å². The predicted octanol–water partition coefficient (Wildman–Crippen LogP) is 4.93. The van der Waals surface area contributed by atoms with Crippen molar-refractivity contribution in [2.45, 2.75) is 18.9 Å². The third-order valence-corrected chi connectivity index (χ3v) is 8.08. The standard InChI is InChI=1S/C28H21IN2O2S/c1-33-21-10-5-8-19(16-21)26-23-13-12-18-7-2-3-11-22(18)25(23)30-28-31(26)27(32)24(34-28)15-17-6-4-9-20(29)14-17/h2-11,14-16,26H,12-13H2,1H3. The summed E-state index contributed by atoms with van der Waals surface area (Å²) in [5.41, 5.74) is 6.75. The molecule has 0 fully saturated rings. The van der Waals surface area contributed by atoms with Gasteiger partial charge in [-0.1, -0.05) is 59.9 Å². The van der Waals surface area contributed by atoms with Gasteiger partial charge in [-0.25, -0.2) is 4.99 Å². The van der Waals surface area contributed by atoms with Crippen molar-refractivity contribution in [2.24, 2.45) is 4.99 Å². The van der Waals surface area contributed by atoms with Crippen LogP contribution < -0.4 is 19.6 Å². The fraction of sp³-hybridized carbons (Fsp3) is 0.143. The van der Waals surface area contributed by atoms with Crippen LogP contribution in [0.4, 0.5) is 0 Å². The van der Waals surface area contributed by atoms with Gasteiger partial charge in [0.05, 0.1) is 23.4 Å². The van der Waals surface area contributed by atoms with E-state index < -0.39 is 0 Å². The lowest BCUT2D eigenvalue weighted by molar-refractivity contribution is 0.413. The summed E-state index contributed by atoms with van der Waals surface area (Å²) in [6, 6.07) is 24.5. The second-order valence-electron chi connectivity index (χ2n) is 8.45. The molecule has 2 heterocycles. The van der Waals surface area contributed by atoms with E-state index in [0.717, 1.165) is 43.8 Å². The van der Waals surface area contributed by atoms with E-state index in [2.05, 4.69) is 59.0 Å². The van der Waals surface area contributed by atoms with Gasteiger partial charge in [0.15, 0.2) is 4.80 Å². The van der Waals surface area contributed by atoms with E-state index in [4.69, 9.17) is 9.73 Å². The molecule has 4 aromatic rings. The van der Waals surface area contributed by atoms with Crippen molar-refractivity contribution >= 4 is 45.7 Å². The van der Waals surface area contributed by atoms with Gasteiger partial charge in [-0.3, -0.25) is 9.36 Å². The number of ether oxygens (including phenoxy) is 1. The SMILES string of the molecule is COc1cccc(C2C3=C(N=c4sc(=Cc5cccc(I)c5)c(=O)n42)c2ccccc2CC3)c1. The summed E-state index contributed by atoms with van der Waals surface area (Å²) in [6.07, 6.45) is 3.79. The Morgan fingerprint density at radius 1 is 1.06 bits per heavy atom. The molecule has 1 aliphatic carbocycles. The molecule has 1 atom stereocenters. The Hall–Kier alpha value is -2.97. The Morgan fingerprint density at radius 2 is 1.91 bits per heavy atom. The van der Waals surface area contributed by atoms with Crippen LogP contribution in [0.5, 0.6) is 5.75 Å². The predicted molar refractivity (Wildman–Crippen MR) is 145 cm³/mol. The van der Waals surface area contributed by atoms with E-state index in [0.29, 0.717) is 4.53 Å². The number of fused-ring (bicyclic) bond motifs is 3. The number of halogens is 1. The Balaban J connectivity index is 1.63. The number of thiazole rings is 1. The first-order valence-corrected chi connectivity index (χ1v) is 13.0. The minimum Gasteiger partial charge on any atom is -0.497 e. The van der Waals surface area contributed by atoms with E-state index >= 15 is 0 Å². The quantitative estimate of drug-likeness (QED) is 0.325. The lowest BCUT2D eigenvalue weighted by atomic mass is 9.83. The molecule has 1 unspecified atom stereocenters. The second-order valence-corrected chi connectivity index (χ2v) is 10.7. The smallest absolute Gasteiger partial charge is 0.271 e. The van der Waals surface area contributed by atoms with Crippen LogP contribution in [-0.4, -0.2) is 11.7 Å². The van der Waals surface area contributed by atoms with Crippen LogP contribution in [0.1, 0.15) is 34.7 Å². The third-order valence-electron chi connectivity index (χ3n) is 6.43. The van der Waals surface area contributed by atoms with Gasteiger partial charge < -0.3 is 4.74 Å². The number of rotatable bonds is 3. The van der Waals surface area contributed by atoms with E-state index in [-0.39, 0.29) is 11.6 Å². The highest BCUT2D eigenvalue weighted by atomic mass is 127. The van der Waals surface area contributed by atoms with E-state index in [1.807, 2.05) is 47.0 Å². The zero-order valence-electron chi connectivity index (χ0n) is 18.5. The second kappa shape index (κ2) is 8.67. The van der Waals surface area contributed by atoms with Crippen LogP contribution in [0.15, 0.2) is 88.2 Å². The molecule has 0 radical (unpaired) electrons. The number of benzene rings is 3. The lowest BCUT2D eigenvalue weighted by Gasteiger charge is -2.31. The van der Waals surface area contributed by atoms with Crippen molar-refractivity contribution in [3.8, 4) is 5.75 Å². The summed E-state index contributed by atoms with van der Waals surface area (Å²) in [5.74, 6) is 0.786. The zero-order valence-corrected chi connectivity index (χ0v) is 21.5. The first kappa shape index (κ1) is 21.6. The van der Waals surface area contributed by atoms with Gasteiger partial charge in [-0.05, 0) is 88.0 Å². The number of methoxy groups -OCH3 is 1. The Kier molecular flexibility index (Phi) is 5.50. The number of aryl methyl sites for hydroxylation is 1. The van der Waals surface area contributed by atoms with Gasteiger partial charge >= 0.3 is 0 Å². The van der Waals surface area contributed by atoms with Crippen molar-refractivity contribution in [1.82, 2.24) is 4.57 Å². The summed E-state index contributed by atoms with van der Waals surface area (Å²) in [7, 11) is 1.67. The first-order chi connectivity index (χ1) is 16.6. The highest BCUT2D eigenvalue weighted by molar-refractivity contribution is 14.1. The molecule has 6 rings (SSSR count). The Labute approximate surface area is 214 Å². The largest absolute Gasteiger partial charge is 0.497 e. The molecule has 0 N–H and O–H groups in total. The molecule has 1 aromatic heterocycles. The number of aromatic nitrogens is 1. The van der Waals surface area contributed by atoms with Gasteiger partial charge in [0.2, 0.25) is 0 Å². The molecule has 2 aliphatic rings. The number of hydrogen-bond donors (Lipinski definition) is 0. The third kappa shape index (κ3) is 3.65. The van der Waals surface area contributed by atoms with Crippen LogP contribution >= 0.6 is 33.9 Å². The normalized spacial score (nSPS) is 17.0. The molecule has 0 amide bonds. The summed E-state index contributed by atoms with van der Waals surface area (Å²) < 4.78 is 9.24. The van der Waals surface area contributed by atoms with Crippen molar-refractivity contribution in [3.63, 3.8) is 0 Å². The van der Waals surface area contributed by atoms with Crippen LogP contribution in [-0.2, 0) is 6.42 Å². The van der Waals surface area contributed by atoms with Gasteiger partial charge in [0, 0.05) is 9.13 Å². The molecule has 3 aromatic carbocycles. The number of hydrogen-bond acceptors (Lipinski definition) is 4. The maximum absolute atomic E-state index is 13.8. The Bertz CT molecular complexity index is 1650. The summed E-state index contributed by atoms with van der Waals surface area (Å²) >= 11 is 3.76. The molecule has 6 heteroatoms. The fourth-order valence-electron chi connectivity index (χ4n) is 4.88. The van der Waals surface area contributed by atoms with Crippen molar-refractivity contribution in [1.29, 1.82) is 0 Å². The highest BCUT2D eigenvalue weighted by Gasteiger charge is 2.32. The summed E-state index contributed by atoms with van der Waals surface area (Å²) in [6.45, 7) is 0. The monoisotopic (exact) mass is 576 g/mol. The molecular weight excluding hydrogens is 555 g/mol. The van der Waals surface area contributed by atoms with Crippen LogP contribution in [0.2, 0.25) is 0 Å². The van der Waals surface area contributed by atoms with Crippen molar-refractivity contribution in [3.05, 3.63) is 124 Å². The number of allylic oxidation sites excluding steroid dienone is 1. The summed E-state index contributed by atoms with van der Waals surface area (Å²) in [5, 5.41) is 0. The fourth-order valence-corrected chi connectivity index (χ4v) is 6.45. The molecule has 0 saturated carbocycles. The molecule has 0 saturated heterocycles.